The summed E-state index contributed by atoms with van der Waals surface area (Å²) in [5.41, 5.74) is 1.59. The predicted octanol–water partition coefficient (Wildman–Crippen LogP) is 5.29. The molecule has 0 fully saturated rings. The highest BCUT2D eigenvalue weighted by Gasteiger charge is 2.28. The number of methoxy groups -OCH3 is 2. The smallest absolute Gasteiger partial charge is 0.379 e. The van der Waals surface area contributed by atoms with Crippen LogP contribution in [0.15, 0.2) is 76.9 Å². The number of Topliss-reactive ketones (excluding diaryl/α,β-unsaturated/α-hetero) is 1. The molecule has 7 nitrogen and oxygen atoms in total. The number of ketones is 1. The maximum absolute atomic E-state index is 12.8. The first kappa shape index (κ1) is 20.4. The minimum atomic E-state index is -0.646. The molecular formula is C26H18O7. The zero-order valence-electron chi connectivity index (χ0n) is 17.8. The Kier molecular flexibility index (Phi) is 5.06. The first-order valence-corrected chi connectivity index (χ1v) is 10.1. The molecule has 0 saturated carbocycles. The molecule has 1 aliphatic heterocycles. The molecule has 0 aliphatic carbocycles. The van der Waals surface area contributed by atoms with Crippen LogP contribution in [-0.2, 0) is 0 Å². The Morgan fingerprint density at radius 1 is 0.909 bits per heavy atom. The number of fused-ring (bicyclic) bond motifs is 2. The van der Waals surface area contributed by atoms with Crippen LogP contribution in [-0.4, -0.2) is 26.0 Å². The highest BCUT2D eigenvalue weighted by atomic mass is 16.5. The molecule has 0 saturated heterocycles. The number of benzene rings is 3. The van der Waals surface area contributed by atoms with Crippen LogP contribution in [0.5, 0.6) is 23.0 Å². The summed E-state index contributed by atoms with van der Waals surface area (Å²) in [6.07, 6.45) is 1.59. The number of carbonyl (C=O) groups is 2. The second kappa shape index (κ2) is 8.20. The van der Waals surface area contributed by atoms with Crippen LogP contribution < -0.4 is 18.9 Å². The zero-order chi connectivity index (χ0) is 22.9. The molecular weight excluding hydrogens is 424 g/mol. The highest BCUT2D eigenvalue weighted by Crippen LogP contribution is 2.36. The minimum absolute atomic E-state index is 0.0828. The number of allylic oxidation sites excluding steroid dienone is 1. The third-order valence-corrected chi connectivity index (χ3v) is 5.20. The normalized spacial score (nSPS) is 13.6. The molecule has 3 aromatic carbocycles. The Morgan fingerprint density at radius 2 is 1.73 bits per heavy atom. The number of hydrogen-bond acceptors (Lipinski definition) is 7. The summed E-state index contributed by atoms with van der Waals surface area (Å²) >= 11 is 0. The first-order chi connectivity index (χ1) is 16.1. The molecule has 1 aliphatic rings. The van der Waals surface area contributed by atoms with Gasteiger partial charge in [-0.2, -0.15) is 0 Å². The summed E-state index contributed by atoms with van der Waals surface area (Å²) in [7, 11) is 3.10. The fraction of sp³-hybridized carbons (Fsp3) is 0.0769. The molecule has 0 spiro atoms. The lowest BCUT2D eigenvalue weighted by atomic mass is 10.1. The molecule has 0 amide bonds. The number of carbonyl (C=O) groups excluding carboxylic acids is 2. The average Bonchev–Trinajstić information content (AvgIpc) is 3.40. The number of furan rings is 1. The fourth-order valence-electron chi connectivity index (χ4n) is 3.56. The summed E-state index contributed by atoms with van der Waals surface area (Å²) < 4.78 is 27.4. The van der Waals surface area contributed by atoms with Crippen molar-refractivity contribution in [2.75, 3.05) is 14.2 Å². The van der Waals surface area contributed by atoms with Gasteiger partial charge in [0.1, 0.15) is 28.6 Å². The minimum Gasteiger partial charge on any atom is -0.497 e. The summed E-state index contributed by atoms with van der Waals surface area (Å²) in [5.74, 6) is 0.978. The maximum Gasteiger partial charge on any atom is 0.379 e. The fourth-order valence-corrected chi connectivity index (χ4v) is 3.56. The quantitative estimate of drug-likeness (QED) is 0.236. The van der Waals surface area contributed by atoms with Crippen LogP contribution >= 0.6 is 0 Å². The predicted molar refractivity (Wildman–Crippen MR) is 120 cm³/mol. The number of rotatable bonds is 5. The van der Waals surface area contributed by atoms with Gasteiger partial charge < -0.3 is 23.4 Å². The SMILES string of the molecule is COc1ccc(OC)c(/C=C2\Oc3cc(OC(=O)c4cc5ccccc5o4)ccc3C2=O)c1. The van der Waals surface area contributed by atoms with E-state index in [2.05, 4.69) is 0 Å². The molecule has 1 aromatic heterocycles. The maximum atomic E-state index is 12.8. The van der Waals surface area contributed by atoms with Crippen LogP contribution in [0.1, 0.15) is 26.5 Å². The van der Waals surface area contributed by atoms with Gasteiger partial charge in [0.2, 0.25) is 11.5 Å². The second-order valence-electron chi connectivity index (χ2n) is 7.24. The van der Waals surface area contributed by atoms with Crippen LogP contribution in [0.25, 0.3) is 17.0 Å². The lowest BCUT2D eigenvalue weighted by molar-refractivity contribution is 0.0703. The zero-order valence-corrected chi connectivity index (χ0v) is 17.8. The van der Waals surface area contributed by atoms with Gasteiger partial charge in [0, 0.05) is 17.0 Å². The standard InChI is InChI=1S/C26H18O7/c1-29-17-8-10-20(30-2)16(11-17)13-23-25(27)19-9-7-18(14-22(19)33-23)31-26(28)24-12-15-5-3-4-6-21(15)32-24/h3-14H,1-2H3/b23-13-. The van der Waals surface area contributed by atoms with Crippen molar-refractivity contribution in [3.05, 3.63) is 89.4 Å². The Balaban J connectivity index is 1.39. The third-order valence-electron chi connectivity index (χ3n) is 5.20. The molecule has 33 heavy (non-hydrogen) atoms. The van der Waals surface area contributed by atoms with Crippen molar-refractivity contribution in [3.8, 4) is 23.0 Å². The van der Waals surface area contributed by atoms with Crippen molar-refractivity contribution in [2.24, 2.45) is 0 Å². The summed E-state index contributed by atoms with van der Waals surface area (Å²) in [6, 6.07) is 18.7. The van der Waals surface area contributed by atoms with Crippen molar-refractivity contribution in [2.45, 2.75) is 0 Å². The van der Waals surface area contributed by atoms with Gasteiger partial charge in [-0.3, -0.25) is 4.79 Å². The van der Waals surface area contributed by atoms with E-state index < -0.39 is 5.97 Å². The molecule has 7 heteroatoms. The summed E-state index contributed by atoms with van der Waals surface area (Å²) in [4.78, 5) is 25.3. The van der Waals surface area contributed by atoms with E-state index in [-0.39, 0.29) is 23.1 Å². The summed E-state index contributed by atoms with van der Waals surface area (Å²) in [6.45, 7) is 0. The van der Waals surface area contributed by atoms with E-state index in [9.17, 15) is 9.59 Å². The van der Waals surface area contributed by atoms with Crippen molar-refractivity contribution in [1.29, 1.82) is 0 Å². The van der Waals surface area contributed by atoms with Crippen LogP contribution in [0, 0.1) is 0 Å². The van der Waals surface area contributed by atoms with Gasteiger partial charge in [-0.15, -0.1) is 0 Å². The molecule has 0 radical (unpaired) electrons. The monoisotopic (exact) mass is 442 g/mol. The molecule has 2 heterocycles. The van der Waals surface area contributed by atoms with E-state index in [1.165, 1.54) is 12.1 Å². The van der Waals surface area contributed by atoms with E-state index >= 15 is 0 Å². The number of esters is 1. The highest BCUT2D eigenvalue weighted by molar-refractivity contribution is 6.14. The van der Waals surface area contributed by atoms with Crippen molar-refractivity contribution in [3.63, 3.8) is 0 Å². The molecule has 0 bridgehead atoms. The first-order valence-electron chi connectivity index (χ1n) is 10.1. The summed E-state index contributed by atoms with van der Waals surface area (Å²) in [5, 5.41) is 0.801. The van der Waals surface area contributed by atoms with Gasteiger partial charge >= 0.3 is 5.97 Å². The molecule has 164 valence electrons. The Labute approximate surface area is 188 Å². The number of hydrogen-bond donors (Lipinski definition) is 0. The largest absolute Gasteiger partial charge is 0.497 e. The van der Waals surface area contributed by atoms with Crippen LogP contribution in [0.4, 0.5) is 0 Å². The van der Waals surface area contributed by atoms with Crippen molar-refractivity contribution in [1.82, 2.24) is 0 Å². The van der Waals surface area contributed by atoms with Gasteiger partial charge in [0.25, 0.3) is 0 Å². The van der Waals surface area contributed by atoms with Gasteiger partial charge in [-0.25, -0.2) is 4.79 Å². The van der Waals surface area contributed by atoms with Gasteiger partial charge in [-0.1, -0.05) is 18.2 Å². The van der Waals surface area contributed by atoms with Gasteiger partial charge in [0.15, 0.2) is 5.76 Å². The molecule has 5 rings (SSSR count). The van der Waals surface area contributed by atoms with Gasteiger partial charge in [-0.05, 0) is 48.5 Å². The van der Waals surface area contributed by atoms with E-state index in [1.54, 1.807) is 56.7 Å². The van der Waals surface area contributed by atoms with E-state index in [1.807, 2.05) is 18.2 Å². The molecule has 4 aromatic rings. The van der Waals surface area contributed by atoms with Crippen molar-refractivity contribution < 1.29 is 33.0 Å². The molecule has 0 unspecified atom stereocenters. The topological polar surface area (TPSA) is 84.2 Å². The third kappa shape index (κ3) is 3.80. The molecule has 0 atom stereocenters. The number of ether oxygens (including phenoxy) is 4. The Hall–Kier alpha value is -4.52. The number of para-hydroxylation sites is 1. The van der Waals surface area contributed by atoms with Crippen molar-refractivity contribution >= 4 is 28.8 Å². The van der Waals surface area contributed by atoms with Crippen LogP contribution in [0.2, 0.25) is 0 Å². The second-order valence-corrected chi connectivity index (χ2v) is 7.24. The molecule has 0 N–H and O–H groups in total. The van der Waals surface area contributed by atoms with E-state index in [0.717, 1.165) is 5.39 Å². The lowest BCUT2D eigenvalue weighted by Crippen LogP contribution is -2.07. The average molecular weight is 442 g/mol. The Morgan fingerprint density at radius 3 is 2.52 bits per heavy atom. The van der Waals surface area contributed by atoms with E-state index in [4.69, 9.17) is 23.4 Å². The van der Waals surface area contributed by atoms with Crippen LogP contribution in [0.3, 0.4) is 0 Å². The van der Waals surface area contributed by atoms with Gasteiger partial charge in [0.05, 0.1) is 19.8 Å². The lowest BCUT2D eigenvalue weighted by Gasteiger charge is -2.08. The van der Waals surface area contributed by atoms with E-state index in [0.29, 0.717) is 34.0 Å². The Bertz CT molecular complexity index is 1390.